The van der Waals surface area contributed by atoms with Crippen LogP contribution in [0.1, 0.15) is 18.2 Å². The molecule has 0 amide bonds. The Morgan fingerprint density at radius 3 is 2.37 bits per heavy atom. The lowest BCUT2D eigenvalue weighted by Gasteiger charge is -2.28. The van der Waals surface area contributed by atoms with Gasteiger partial charge in [-0.15, -0.1) is 0 Å². The minimum atomic E-state index is -0.580. The number of thiocarbonyl (C=S) groups is 1. The monoisotopic (exact) mass is 272 g/mol. The van der Waals surface area contributed by atoms with Gasteiger partial charge in [0.2, 0.25) is 0 Å². The predicted molar refractivity (Wildman–Crippen MR) is 80.5 cm³/mol. The molecule has 0 fully saturated rings. The summed E-state index contributed by atoms with van der Waals surface area (Å²) in [6, 6.07) is 13.5. The highest BCUT2D eigenvalue weighted by atomic mass is 32.1. The number of aromatic nitrogens is 1. The number of pyridine rings is 1. The van der Waals surface area contributed by atoms with Crippen molar-refractivity contribution in [2.45, 2.75) is 12.3 Å². The molecular weight excluding hydrogens is 256 g/mol. The SMILES string of the molecule is COc1ccc(C(C)(C(N)=S)c2ccccn2)cc1. The first kappa shape index (κ1) is 13.5. The molecule has 0 radical (unpaired) electrons. The van der Waals surface area contributed by atoms with Crippen molar-refractivity contribution in [3.8, 4) is 5.75 Å². The molecule has 0 saturated heterocycles. The highest BCUT2D eigenvalue weighted by Gasteiger charge is 2.33. The Morgan fingerprint density at radius 2 is 1.89 bits per heavy atom. The van der Waals surface area contributed by atoms with Crippen LogP contribution in [0.5, 0.6) is 5.75 Å². The minimum absolute atomic E-state index is 0.399. The normalized spacial score (nSPS) is 13.6. The zero-order valence-electron chi connectivity index (χ0n) is 11.0. The Balaban J connectivity index is 2.53. The first-order chi connectivity index (χ1) is 9.09. The molecule has 1 unspecified atom stereocenters. The third-order valence-electron chi connectivity index (χ3n) is 3.34. The van der Waals surface area contributed by atoms with Gasteiger partial charge in [0.15, 0.2) is 0 Å². The second-order valence-electron chi connectivity index (χ2n) is 4.43. The van der Waals surface area contributed by atoms with Gasteiger partial charge in [-0.2, -0.15) is 0 Å². The fraction of sp³-hybridized carbons (Fsp3) is 0.200. The summed E-state index contributed by atoms with van der Waals surface area (Å²) >= 11 is 5.26. The molecule has 1 atom stereocenters. The molecule has 4 heteroatoms. The highest BCUT2D eigenvalue weighted by Crippen LogP contribution is 2.32. The van der Waals surface area contributed by atoms with Crippen molar-refractivity contribution in [2.75, 3.05) is 7.11 Å². The van der Waals surface area contributed by atoms with E-state index in [1.165, 1.54) is 0 Å². The Bertz CT molecular complexity index is 568. The molecular formula is C15H16N2OS. The van der Waals surface area contributed by atoms with Crippen LogP contribution in [-0.4, -0.2) is 17.1 Å². The zero-order chi connectivity index (χ0) is 13.9. The molecule has 1 aromatic heterocycles. The molecule has 2 N–H and O–H groups in total. The number of methoxy groups -OCH3 is 1. The summed E-state index contributed by atoms with van der Waals surface area (Å²) in [5.74, 6) is 0.801. The van der Waals surface area contributed by atoms with E-state index < -0.39 is 5.41 Å². The standard InChI is InChI=1S/C15H16N2OS/c1-15(14(16)19,13-5-3-4-10-17-13)11-6-8-12(18-2)9-7-11/h3-10H,1-2H3,(H2,16,19). The topological polar surface area (TPSA) is 48.1 Å². The van der Waals surface area contributed by atoms with Crippen LogP contribution in [0.4, 0.5) is 0 Å². The number of hydrogen-bond acceptors (Lipinski definition) is 3. The van der Waals surface area contributed by atoms with Crippen molar-refractivity contribution in [1.82, 2.24) is 4.98 Å². The number of nitrogens with zero attached hydrogens (tertiary/aromatic N) is 1. The number of rotatable bonds is 4. The van der Waals surface area contributed by atoms with Gasteiger partial charge in [-0.1, -0.05) is 30.4 Å². The average Bonchev–Trinajstić information content (AvgIpc) is 2.47. The number of ether oxygens (including phenoxy) is 1. The second kappa shape index (κ2) is 5.36. The predicted octanol–water partition coefficient (Wildman–Crippen LogP) is 2.68. The Labute approximate surface area is 118 Å². The maximum absolute atomic E-state index is 5.97. The van der Waals surface area contributed by atoms with Gasteiger partial charge in [-0.25, -0.2) is 0 Å². The van der Waals surface area contributed by atoms with Crippen LogP contribution in [0.2, 0.25) is 0 Å². The van der Waals surface area contributed by atoms with Crippen molar-refractivity contribution in [3.05, 3.63) is 59.9 Å². The molecule has 0 saturated carbocycles. The van der Waals surface area contributed by atoms with E-state index in [0.717, 1.165) is 17.0 Å². The van der Waals surface area contributed by atoms with Crippen molar-refractivity contribution in [2.24, 2.45) is 5.73 Å². The highest BCUT2D eigenvalue weighted by molar-refractivity contribution is 7.80. The molecule has 0 spiro atoms. The van der Waals surface area contributed by atoms with E-state index in [9.17, 15) is 0 Å². The summed E-state index contributed by atoms with van der Waals surface area (Å²) in [6.45, 7) is 1.99. The smallest absolute Gasteiger partial charge is 0.118 e. The first-order valence-electron chi connectivity index (χ1n) is 5.95. The number of nitrogens with two attached hydrogens (primary N) is 1. The van der Waals surface area contributed by atoms with Crippen LogP contribution in [0, 0.1) is 0 Å². The summed E-state index contributed by atoms with van der Waals surface area (Å²) in [7, 11) is 1.64. The van der Waals surface area contributed by atoms with E-state index >= 15 is 0 Å². The molecule has 3 nitrogen and oxygen atoms in total. The first-order valence-corrected chi connectivity index (χ1v) is 6.36. The average molecular weight is 272 g/mol. The summed E-state index contributed by atoms with van der Waals surface area (Å²) in [5.41, 5.74) is 7.23. The van der Waals surface area contributed by atoms with E-state index in [0.29, 0.717) is 4.99 Å². The van der Waals surface area contributed by atoms with Crippen LogP contribution >= 0.6 is 12.2 Å². The maximum Gasteiger partial charge on any atom is 0.118 e. The Hall–Kier alpha value is -1.94. The maximum atomic E-state index is 5.97. The third kappa shape index (κ3) is 2.44. The van der Waals surface area contributed by atoms with Crippen LogP contribution < -0.4 is 10.5 Å². The van der Waals surface area contributed by atoms with Crippen molar-refractivity contribution in [3.63, 3.8) is 0 Å². The van der Waals surface area contributed by atoms with E-state index in [4.69, 9.17) is 22.7 Å². The molecule has 2 rings (SSSR count). The van der Waals surface area contributed by atoms with Gasteiger partial charge in [0.05, 0.1) is 23.2 Å². The largest absolute Gasteiger partial charge is 0.497 e. The second-order valence-corrected chi connectivity index (χ2v) is 4.87. The van der Waals surface area contributed by atoms with Gasteiger partial charge in [-0.3, -0.25) is 4.98 Å². The molecule has 1 heterocycles. The molecule has 1 aromatic carbocycles. The van der Waals surface area contributed by atoms with Gasteiger partial charge in [0, 0.05) is 6.20 Å². The Morgan fingerprint density at radius 1 is 1.21 bits per heavy atom. The molecule has 19 heavy (non-hydrogen) atoms. The number of benzene rings is 1. The van der Waals surface area contributed by atoms with Gasteiger partial charge in [0.25, 0.3) is 0 Å². The molecule has 0 aliphatic carbocycles. The summed E-state index contributed by atoms with van der Waals surface area (Å²) in [6.07, 6.45) is 1.75. The lowest BCUT2D eigenvalue weighted by molar-refractivity contribution is 0.414. The molecule has 2 aromatic rings. The summed E-state index contributed by atoms with van der Waals surface area (Å²) in [4.78, 5) is 4.79. The van der Waals surface area contributed by atoms with Gasteiger partial charge >= 0.3 is 0 Å². The van der Waals surface area contributed by atoms with E-state index in [-0.39, 0.29) is 0 Å². The fourth-order valence-electron chi connectivity index (χ4n) is 2.00. The minimum Gasteiger partial charge on any atom is -0.497 e. The summed E-state index contributed by atoms with van der Waals surface area (Å²) in [5, 5.41) is 0. The van der Waals surface area contributed by atoms with E-state index in [1.54, 1.807) is 13.3 Å². The lowest BCUT2D eigenvalue weighted by Crippen LogP contribution is -2.38. The quantitative estimate of drug-likeness (QED) is 0.869. The number of hydrogen-bond donors (Lipinski definition) is 1. The van der Waals surface area contributed by atoms with Gasteiger partial charge < -0.3 is 10.5 Å². The Kier molecular flexibility index (Phi) is 3.81. The fourth-order valence-corrected chi connectivity index (χ4v) is 2.22. The van der Waals surface area contributed by atoms with Crippen LogP contribution in [0.15, 0.2) is 48.7 Å². The summed E-state index contributed by atoms with van der Waals surface area (Å²) < 4.78 is 5.17. The van der Waals surface area contributed by atoms with Crippen LogP contribution in [-0.2, 0) is 5.41 Å². The van der Waals surface area contributed by atoms with Crippen molar-refractivity contribution in [1.29, 1.82) is 0 Å². The molecule has 0 aliphatic rings. The van der Waals surface area contributed by atoms with Crippen molar-refractivity contribution < 1.29 is 4.74 Å². The van der Waals surface area contributed by atoms with E-state index in [2.05, 4.69) is 4.98 Å². The van der Waals surface area contributed by atoms with Gasteiger partial charge in [-0.05, 0) is 36.8 Å². The molecule has 98 valence electrons. The third-order valence-corrected chi connectivity index (χ3v) is 3.75. The van der Waals surface area contributed by atoms with E-state index in [1.807, 2.05) is 49.4 Å². The zero-order valence-corrected chi connectivity index (χ0v) is 11.8. The molecule has 0 bridgehead atoms. The van der Waals surface area contributed by atoms with Crippen LogP contribution in [0.3, 0.4) is 0 Å². The molecule has 0 aliphatic heterocycles. The van der Waals surface area contributed by atoms with Crippen molar-refractivity contribution >= 4 is 17.2 Å². The lowest BCUT2D eigenvalue weighted by atomic mass is 9.79. The van der Waals surface area contributed by atoms with Gasteiger partial charge in [0.1, 0.15) is 5.75 Å². The van der Waals surface area contributed by atoms with Crippen LogP contribution in [0.25, 0.3) is 0 Å².